The zero-order valence-electron chi connectivity index (χ0n) is 7.67. The van der Waals surface area contributed by atoms with Gasteiger partial charge in [-0.25, -0.2) is 4.79 Å². The Bertz CT molecular complexity index is 262. The van der Waals surface area contributed by atoms with Gasteiger partial charge in [0, 0.05) is 0 Å². The van der Waals surface area contributed by atoms with Gasteiger partial charge in [0.2, 0.25) is 0 Å². The van der Waals surface area contributed by atoms with E-state index in [1.165, 1.54) is 11.4 Å². The summed E-state index contributed by atoms with van der Waals surface area (Å²) in [4.78, 5) is 20.9. The molecule has 1 atom stereocenters. The first-order chi connectivity index (χ1) is 6.79. The Kier molecular flexibility index (Phi) is 4.83. The first-order valence-electron chi connectivity index (χ1n) is 4.00. The van der Waals surface area contributed by atoms with Crippen LogP contribution in [0.3, 0.4) is 0 Å². The number of aliphatic carboxylic acids is 1. The minimum atomic E-state index is -5.07. The molecule has 0 fully saturated rings. The van der Waals surface area contributed by atoms with E-state index in [9.17, 15) is 22.8 Å². The Morgan fingerprint density at radius 1 is 1.47 bits per heavy atom. The Hall–Kier alpha value is -1.53. The molecule has 1 amide bonds. The van der Waals surface area contributed by atoms with Crippen molar-refractivity contribution >= 4 is 11.9 Å². The average molecular weight is 225 g/mol. The van der Waals surface area contributed by atoms with Crippen LogP contribution in [-0.2, 0) is 9.59 Å². The largest absolute Gasteiger partial charge is 0.480 e. The summed E-state index contributed by atoms with van der Waals surface area (Å²) in [7, 11) is 0. The zero-order valence-corrected chi connectivity index (χ0v) is 7.67. The molecule has 4 nitrogen and oxygen atoms in total. The molecule has 7 heteroatoms. The van der Waals surface area contributed by atoms with Crippen molar-refractivity contribution in [3.05, 3.63) is 12.7 Å². The molecule has 0 aromatic rings. The maximum atomic E-state index is 11.8. The van der Waals surface area contributed by atoms with Gasteiger partial charge in [0.25, 0.3) is 0 Å². The van der Waals surface area contributed by atoms with E-state index < -0.39 is 24.1 Å². The van der Waals surface area contributed by atoms with Crippen molar-refractivity contribution < 1.29 is 27.9 Å². The fourth-order valence-corrected chi connectivity index (χ4v) is 0.782. The van der Waals surface area contributed by atoms with E-state index in [1.54, 1.807) is 0 Å². The van der Waals surface area contributed by atoms with Crippen molar-refractivity contribution in [1.29, 1.82) is 0 Å². The summed E-state index contributed by atoms with van der Waals surface area (Å²) < 4.78 is 35.3. The molecule has 0 bridgehead atoms. The predicted octanol–water partition coefficient (Wildman–Crippen LogP) is 1.08. The molecule has 15 heavy (non-hydrogen) atoms. The van der Waals surface area contributed by atoms with Gasteiger partial charge in [-0.1, -0.05) is 6.08 Å². The molecule has 0 aliphatic carbocycles. The second-order valence-electron chi connectivity index (χ2n) is 2.73. The zero-order chi connectivity index (χ0) is 12.1. The molecule has 0 aliphatic heterocycles. The number of carboxylic acid groups (broad SMARTS) is 1. The molecule has 0 saturated heterocycles. The number of carbonyl (C=O) groups is 2. The van der Waals surface area contributed by atoms with Crippen molar-refractivity contribution in [1.82, 2.24) is 5.32 Å². The molecule has 0 spiro atoms. The van der Waals surface area contributed by atoms with Crippen molar-refractivity contribution in [2.24, 2.45) is 0 Å². The minimum absolute atomic E-state index is 0.124. The van der Waals surface area contributed by atoms with Gasteiger partial charge in [-0.2, -0.15) is 13.2 Å². The third-order valence-electron chi connectivity index (χ3n) is 1.52. The van der Waals surface area contributed by atoms with Crippen LogP contribution >= 0.6 is 0 Å². The normalized spacial score (nSPS) is 13.0. The van der Waals surface area contributed by atoms with Crippen molar-refractivity contribution in [2.75, 3.05) is 0 Å². The Balaban J connectivity index is 4.35. The number of rotatable bonds is 5. The fourth-order valence-electron chi connectivity index (χ4n) is 0.782. The van der Waals surface area contributed by atoms with Gasteiger partial charge in [-0.3, -0.25) is 4.79 Å². The van der Waals surface area contributed by atoms with Gasteiger partial charge in [0.15, 0.2) is 0 Å². The van der Waals surface area contributed by atoms with Crippen molar-refractivity contribution in [3.8, 4) is 0 Å². The van der Waals surface area contributed by atoms with Crippen LogP contribution in [-0.4, -0.2) is 29.2 Å². The highest BCUT2D eigenvalue weighted by molar-refractivity contribution is 5.86. The molecular weight excluding hydrogens is 215 g/mol. The lowest BCUT2D eigenvalue weighted by atomic mass is 10.1. The van der Waals surface area contributed by atoms with Crippen molar-refractivity contribution in [3.63, 3.8) is 0 Å². The molecular formula is C8H10F3NO3. The maximum absolute atomic E-state index is 11.8. The Morgan fingerprint density at radius 2 is 2.00 bits per heavy atom. The second kappa shape index (κ2) is 5.38. The van der Waals surface area contributed by atoms with Crippen LogP contribution in [0.4, 0.5) is 13.2 Å². The van der Waals surface area contributed by atoms with Gasteiger partial charge in [0.1, 0.15) is 6.04 Å². The number of hydrogen-bond acceptors (Lipinski definition) is 2. The number of halogens is 3. The fraction of sp³-hybridized carbons (Fsp3) is 0.500. The van der Waals surface area contributed by atoms with Crippen molar-refractivity contribution in [2.45, 2.75) is 25.1 Å². The first kappa shape index (κ1) is 13.5. The highest BCUT2D eigenvalue weighted by Gasteiger charge is 2.40. The Labute approximate surface area is 83.8 Å². The summed E-state index contributed by atoms with van der Waals surface area (Å²) in [5.41, 5.74) is 0. The highest BCUT2D eigenvalue weighted by Crippen LogP contribution is 2.15. The minimum Gasteiger partial charge on any atom is -0.480 e. The van der Waals surface area contributed by atoms with Gasteiger partial charge < -0.3 is 10.4 Å². The molecule has 0 radical (unpaired) electrons. The van der Waals surface area contributed by atoms with E-state index in [0.29, 0.717) is 0 Å². The van der Waals surface area contributed by atoms with E-state index in [0.717, 1.165) is 0 Å². The molecule has 0 heterocycles. The molecule has 0 rings (SSSR count). The van der Waals surface area contributed by atoms with Crippen LogP contribution in [0.5, 0.6) is 0 Å². The average Bonchev–Trinajstić information content (AvgIpc) is 2.09. The van der Waals surface area contributed by atoms with E-state index in [4.69, 9.17) is 5.11 Å². The van der Waals surface area contributed by atoms with Crippen LogP contribution in [0.15, 0.2) is 12.7 Å². The monoisotopic (exact) mass is 225 g/mol. The van der Waals surface area contributed by atoms with Gasteiger partial charge >= 0.3 is 18.1 Å². The lowest BCUT2D eigenvalue weighted by Gasteiger charge is -2.14. The Morgan fingerprint density at radius 3 is 2.33 bits per heavy atom. The van der Waals surface area contributed by atoms with E-state index in [1.807, 2.05) is 0 Å². The molecule has 0 aromatic carbocycles. The number of alkyl halides is 3. The quantitative estimate of drug-likeness (QED) is 0.688. The summed E-state index contributed by atoms with van der Waals surface area (Å²) in [6.07, 6.45) is -3.63. The first-order valence-corrected chi connectivity index (χ1v) is 4.00. The third kappa shape index (κ3) is 5.04. The highest BCUT2D eigenvalue weighted by atomic mass is 19.4. The number of carboxylic acids is 1. The predicted molar refractivity (Wildman–Crippen MR) is 45.1 cm³/mol. The maximum Gasteiger partial charge on any atom is 0.471 e. The number of nitrogens with one attached hydrogen (secondary N) is 1. The summed E-state index contributed by atoms with van der Waals surface area (Å²) in [5, 5.41) is 9.88. The summed E-state index contributed by atoms with van der Waals surface area (Å²) >= 11 is 0. The summed E-state index contributed by atoms with van der Waals surface area (Å²) in [6.45, 7) is 3.29. The topological polar surface area (TPSA) is 66.4 Å². The van der Waals surface area contributed by atoms with E-state index in [2.05, 4.69) is 6.58 Å². The van der Waals surface area contributed by atoms with E-state index in [-0.39, 0.29) is 12.8 Å². The van der Waals surface area contributed by atoms with Crippen LogP contribution in [0.1, 0.15) is 12.8 Å². The lowest BCUT2D eigenvalue weighted by molar-refractivity contribution is -0.175. The number of allylic oxidation sites excluding steroid dienone is 1. The van der Waals surface area contributed by atoms with Crippen LogP contribution in [0.25, 0.3) is 0 Å². The number of amides is 1. The number of carbonyl (C=O) groups excluding carboxylic acids is 1. The molecule has 1 unspecified atom stereocenters. The van der Waals surface area contributed by atoms with Crippen LogP contribution in [0, 0.1) is 0 Å². The number of hydrogen-bond donors (Lipinski definition) is 2. The third-order valence-corrected chi connectivity index (χ3v) is 1.52. The van der Waals surface area contributed by atoms with E-state index >= 15 is 0 Å². The molecule has 0 aromatic heterocycles. The van der Waals surface area contributed by atoms with Gasteiger partial charge in [0.05, 0.1) is 0 Å². The molecule has 2 N–H and O–H groups in total. The molecule has 86 valence electrons. The summed E-state index contributed by atoms with van der Waals surface area (Å²) in [6, 6.07) is -1.54. The van der Waals surface area contributed by atoms with Gasteiger partial charge in [-0.15, -0.1) is 6.58 Å². The van der Waals surface area contributed by atoms with Crippen LogP contribution in [0.2, 0.25) is 0 Å². The molecule has 0 aliphatic rings. The smallest absolute Gasteiger partial charge is 0.471 e. The summed E-state index contributed by atoms with van der Waals surface area (Å²) in [5.74, 6) is -3.76. The SMILES string of the molecule is C=CCCC(NC(=O)C(F)(F)F)C(=O)O. The van der Waals surface area contributed by atoms with Crippen LogP contribution < -0.4 is 5.32 Å². The standard InChI is InChI=1S/C8H10F3NO3/c1-2-3-4-5(6(13)14)12-7(15)8(9,10)11/h2,5H,1,3-4H2,(H,12,15)(H,13,14). The van der Waals surface area contributed by atoms with Gasteiger partial charge in [-0.05, 0) is 12.8 Å². The lowest BCUT2D eigenvalue weighted by Crippen LogP contribution is -2.46. The molecule has 0 saturated carbocycles. The second-order valence-corrected chi connectivity index (χ2v) is 2.73.